The fourth-order valence-electron chi connectivity index (χ4n) is 2.99. The van der Waals surface area contributed by atoms with Crippen LogP contribution in [0.15, 0.2) is 24.3 Å². The maximum atomic E-state index is 12.3. The second-order valence-corrected chi connectivity index (χ2v) is 7.66. The Morgan fingerprint density at radius 2 is 1.81 bits per heavy atom. The molecule has 2 aromatic rings. The first-order chi connectivity index (χ1) is 12.3. The van der Waals surface area contributed by atoms with Gasteiger partial charge in [-0.1, -0.05) is 32.9 Å². The van der Waals surface area contributed by atoms with Crippen molar-refractivity contribution in [3.05, 3.63) is 35.5 Å². The smallest absolute Gasteiger partial charge is 0.267 e. The molecule has 142 valence electrons. The molecule has 2 rings (SSSR count). The number of hydrogen-bond donors (Lipinski definition) is 2. The highest BCUT2D eigenvalue weighted by Crippen LogP contribution is 2.26. The number of aromatic nitrogens is 1. The van der Waals surface area contributed by atoms with Crippen LogP contribution in [0.3, 0.4) is 0 Å². The Balaban J connectivity index is 1.92. The number of nitrogens with one attached hydrogen (secondary N) is 2. The van der Waals surface area contributed by atoms with Crippen molar-refractivity contribution in [1.29, 1.82) is 0 Å². The summed E-state index contributed by atoms with van der Waals surface area (Å²) in [4.78, 5) is 29.3. The van der Waals surface area contributed by atoms with Crippen LogP contribution in [-0.4, -0.2) is 41.3 Å². The third kappa shape index (κ3) is 4.87. The van der Waals surface area contributed by atoms with Crippen molar-refractivity contribution in [2.75, 3.05) is 19.6 Å². The van der Waals surface area contributed by atoms with Crippen molar-refractivity contribution in [3.8, 4) is 0 Å². The molecule has 0 radical (unpaired) electrons. The normalized spacial score (nSPS) is 11.6. The lowest BCUT2D eigenvalue weighted by Gasteiger charge is -2.18. The number of aromatic amines is 1. The van der Waals surface area contributed by atoms with Crippen LogP contribution in [0.25, 0.3) is 10.9 Å². The summed E-state index contributed by atoms with van der Waals surface area (Å²) in [6.07, 6.45) is 1.11. The van der Waals surface area contributed by atoms with Gasteiger partial charge in [0, 0.05) is 37.0 Å². The number of benzene rings is 1. The molecule has 0 aliphatic carbocycles. The molecule has 0 fully saturated rings. The van der Waals surface area contributed by atoms with Crippen molar-refractivity contribution in [1.82, 2.24) is 15.2 Å². The summed E-state index contributed by atoms with van der Waals surface area (Å²) in [6, 6.07) is 8.13. The number of carbonyl (C=O) groups is 2. The van der Waals surface area contributed by atoms with Crippen molar-refractivity contribution >= 4 is 22.7 Å². The van der Waals surface area contributed by atoms with Crippen LogP contribution < -0.4 is 5.32 Å². The minimum absolute atomic E-state index is 0.0686. The van der Waals surface area contributed by atoms with E-state index in [4.69, 9.17) is 0 Å². The van der Waals surface area contributed by atoms with E-state index in [1.807, 2.05) is 30.9 Å². The van der Waals surface area contributed by atoms with Gasteiger partial charge in [-0.2, -0.15) is 0 Å². The summed E-state index contributed by atoms with van der Waals surface area (Å²) in [5.74, 6) is 0.0124. The molecule has 0 saturated heterocycles. The average molecular weight is 357 g/mol. The zero-order valence-electron chi connectivity index (χ0n) is 16.6. The second kappa shape index (κ2) is 8.39. The topological polar surface area (TPSA) is 65.2 Å². The van der Waals surface area contributed by atoms with E-state index in [1.54, 1.807) is 0 Å². The minimum Gasteiger partial charge on any atom is -0.351 e. The first-order valence-electron chi connectivity index (χ1n) is 9.45. The van der Waals surface area contributed by atoms with Gasteiger partial charge in [-0.25, -0.2) is 0 Å². The van der Waals surface area contributed by atoms with E-state index in [-0.39, 0.29) is 17.2 Å². The van der Waals surface area contributed by atoms with Crippen LogP contribution in [0.1, 0.15) is 63.5 Å². The summed E-state index contributed by atoms with van der Waals surface area (Å²) in [6.45, 7) is 12.4. The van der Waals surface area contributed by atoms with Gasteiger partial charge in [0.05, 0.1) is 0 Å². The van der Waals surface area contributed by atoms with Crippen LogP contribution in [0.5, 0.6) is 0 Å². The molecule has 1 aromatic heterocycles. The molecule has 26 heavy (non-hydrogen) atoms. The number of nitrogens with zero attached hydrogens (tertiary/aromatic N) is 1. The van der Waals surface area contributed by atoms with Crippen LogP contribution >= 0.6 is 0 Å². The lowest BCUT2D eigenvalue weighted by molar-refractivity contribution is -0.130. The van der Waals surface area contributed by atoms with E-state index in [2.05, 4.69) is 43.2 Å². The zero-order valence-corrected chi connectivity index (χ0v) is 16.6. The lowest BCUT2D eigenvalue weighted by atomic mass is 9.87. The molecule has 0 spiro atoms. The monoisotopic (exact) mass is 357 g/mol. The Labute approximate surface area is 156 Å². The van der Waals surface area contributed by atoms with Crippen molar-refractivity contribution in [2.24, 2.45) is 0 Å². The van der Waals surface area contributed by atoms with Gasteiger partial charge in [0.15, 0.2) is 0 Å². The number of carbonyl (C=O) groups excluding carboxylic acids is 2. The second-order valence-electron chi connectivity index (χ2n) is 7.66. The maximum absolute atomic E-state index is 12.3. The standard InChI is InChI=1S/C21H31N3O2/c1-6-24(7-2)19(25)9-8-12-22-20(26)18-13-15-10-11-16(21(3,4)5)14-17(15)23-18/h10-11,13-14,23H,6-9,12H2,1-5H3,(H,22,26). The zero-order chi connectivity index (χ0) is 19.3. The molecule has 0 aliphatic rings. The summed E-state index contributed by atoms with van der Waals surface area (Å²) in [7, 11) is 0. The molecule has 0 saturated carbocycles. The van der Waals surface area contributed by atoms with Crippen molar-refractivity contribution in [2.45, 2.75) is 52.9 Å². The first-order valence-corrected chi connectivity index (χ1v) is 9.45. The van der Waals surface area contributed by atoms with Crippen molar-refractivity contribution < 1.29 is 9.59 Å². The van der Waals surface area contributed by atoms with Crippen LogP contribution in [-0.2, 0) is 10.2 Å². The van der Waals surface area contributed by atoms with Gasteiger partial charge in [0.2, 0.25) is 5.91 Å². The molecule has 5 heteroatoms. The Morgan fingerprint density at radius 3 is 2.42 bits per heavy atom. The minimum atomic E-state index is -0.131. The Morgan fingerprint density at radius 1 is 1.12 bits per heavy atom. The van der Waals surface area contributed by atoms with Crippen LogP contribution in [0.4, 0.5) is 0 Å². The summed E-state index contributed by atoms with van der Waals surface area (Å²) >= 11 is 0. The van der Waals surface area contributed by atoms with Gasteiger partial charge in [-0.05, 0) is 43.4 Å². The van der Waals surface area contributed by atoms with Gasteiger partial charge < -0.3 is 15.2 Å². The molecular weight excluding hydrogens is 326 g/mol. The number of H-pyrrole nitrogens is 1. The maximum Gasteiger partial charge on any atom is 0.267 e. The molecule has 2 amide bonds. The van der Waals surface area contributed by atoms with Crippen molar-refractivity contribution in [3.63, 3.8) is 0 Å². The average Bonchev–Trinajstić information content (AvgIpc) is 3.02. The molecule has 5 nitrogen and oxygen atoms in total. The molecule has 0 atom stereocenters. The fraction of sp³-hybridized carbons (Fsp3) is 0.524. The highest BCUT2D eigenvalue weighted by Gasteiger charge is 2.16. The SMILES string of the molecule is CCN(CC)C(=O)CCCNC(=O)c1cc2ccc(C(C)(C)C)cc2[nH]1. The van der Waals surface area contributed by atoms with E-state index < -0.39 is 0 Å². The van der Waals surface area contributed by atoms with Crippen LogP contribution in [0.2, 0.25) is 0 Å². The van der Waals surface area contributed by atoms with E-state index in [1.165, 1.54) is 5.56 Å². The van der Waals surface area contributed by atoms with Gasteiger partial charge in [0.25, 0.3) is 5.91 Å². The highest BCUT2D eigenvalue weighted by atomic mass is 16.2. The molecular formula is C21H31N3O2. The predicted octanol–water partition coefficient (Wildman–Crippen LogP) is 3.84. The molecule has 2 N–H and O–H groups in total. The Kier molecular flexibility index (Phi) is 6.46. The lowest BCUT2D eigenvalue weighted by Crippen LogP contribution is -2.31. The van der Waals surface area contributed by atoms with Gasteiger partial charge in [-0.15, -0.1) is 0 Å². The molecule has 0 unspecified atom stereocenters. The number of fused-ring (bicyclic) bond motifs is 1. The van der Waals surface area contributed by atoms with Gasteiger partial charge in [-0.3, -0.25) is 9.59 Å². The third-order valence-corrected chi connectivity index (χ3v) is 4.70. The molecule has 1 aromatic carbocycles. The molecule has 1 heterocycles. The summed E-state index contributed by atoms with van der Waals surface area (Å²) in [5, 5.41) is 3.92. The predicted molar refractivity (Wildman–Crippen MR) is 106 cm³/mol. The quantitative estimate of drug-likeness (QED) is 0.739. The Bertz CT molecular complexity index is 767. The number of rotatable bonds is 7. The number of hydrogen-bond acceptors (Lipinski definition) is 2. The Hall–Kier alpha value is -2.30. The van der Waals surface area contributed by atoms with Crippen LogP contribution in [0, 0.1) is 0 Å². The van der Waals surface area contributed by atoms with E-state index in [0.717, 1.165) is 24.0 Å². The number of amides is 2. The van der Waals surface area contributed by atoms with E-state index in [0.29, 0.717) is 25.1 Å². The fourth-order valence-corrected chi connectivity index (χ4v) is 2.99. The molecule has 0 bridgehead atoms. The third-order valence-electron chi connectivity index (χ3n) is 4.70. The summed E-state index contributed by atoms with van der Waals surface area (Å²) in [5.41, 5.74) is 2.83. The van der Waals surface area contributed by atoms with Gasteiger partial charge in [0.1, 0.15) is 5.69 Å². The van der Waals surface area contributed by atoms with E-state index >= 15 is 0 Å². The van der Waals surface area contributed by atoms with Gasteiger partial charge >= 0.3 is 0 Å². The van der Waals surface area contributed by atoms with E-state index in [9.17, 15) is 9.59 Å². The summed E-state index contributed by atoms with van der Waals surface area (Å²) < 4.78 is 0. The largest absolute Gasteiger partial charge is 0.351 e. The highest BCUT2D eigenvalue weighted by molar-refractivity contribution is 5.98. The first kappa shape index (κ1) is 20.0. The molecule has 0 aliphatic heterocycles.